The highest BCUT2D eigenvalue weighted by Crippen LogP contribution is 2.29. The van der Waals surface area contributed by atoms with Crippen LogP contribution in [-0.2, 0) is 9.53 Å². The molecule has 0 spiro atoms. The van der Waals surface area contributed by atoms with E-state index in [0.29, 0.717) is 17.2 Å². The van der Waals surface area contributed by atoms with E-state index in [1.165, 1.54) is 19.4 Å². The Morgan fingerprint density at radius 1 is 1.28 bits per heavy atom. The molecule has 36 heavy (non-hydrogen) atoms. The first-order valence-electron chi connectivity index (χ1n) is 11.2. The smallest absolute Gasteiger partial charge is 0.325 e. The average molecular weight is 519 g/mol. The number of pyridine rings is 1. The lowest BCUT2D eigenvalue weighted by Crippen LogP contribution is -2.36. The second-order valence-electron chi connectivity index (χ2n) is 8.72. The number of ether oxygens (including phenoxy) is 3. The van der Waals surface area contributed by atoms with Gasteiger partial charge < -0.3 is 24.6 Å². The number of esters is 1. The van der Waals surface area contributed by atoms with Crippen molar-refractivity contribution in [2.45, 2.75) is 52.7 Å². The number of nitrogens with zero attached hydrogens (tertiary/aromatic N) is 1. The van der Waals surface area contributed by atoms with Crippen LogP contribution in [0.3, 0.4) is 0 Å². The minimum absolute atomic E-state index is 0.106. The van der Waals surface area contributed by atoms with Crippen LogP contribution < -0.4 is 14.8 Å². The van der Waals surface area contributed by atoms with Crippen LogP contribution in [0.1, 0.15) is 50.2 Å². The Labute approximate surface area is 217 Å². The van der Waals surface area contributed by atoms with E-state index in [4.69, 9.17) is 25.8 Å². The number of carbonyl (C=O) groups excluding carboxylic acids is 2. The molecule has 0 saturated carbocycles. The molecule has 8 nitrogen and oxygen atoms in total. The summed E-state index contributed by atoms with van der Waals surface area (Å²) in [5.41, 5.74) is 1.07. The number of aromatic hydroxyl groups is 1. The summed E-state index contributed by atoms with van der Waals surface area (Å²) in [7, 11) is 1.36. The maximum atomic E-state index is 12.2. The lowest BCUT2D eigenvalue weighted by Gasteiger charge is -2.30. The molecule has 2 rings (SSSR count). The fourth-order valence-corrected chi connectivity index (χ4v) is 3.30. The highest BCUT2D eigenvalue weighted by atomic mass is 35.5. The van der Waals surface area contributed by atoms with Gasteiger partial charge in [0.2, 0.25) is 0 Å². The quantitative estimate of drug-likeness (QED) is 0.319. The van der Waals surface area contributed by atoms with Gasteiger partial charge in [0.15, 0.2) is 17.2 Å². The zero-order chi connectivity index (χ0) is 27.5. The van der Waals surface area contributed by atoms with Crippen molar-refractivity contribution in [3.8, 4) is 17.2 Å². The normalized spacial score (nSPS) is 11.3. The van der Waals surface area contributed by atoms with Crippen molar-refractivity contribution in [2.75, 3.05) is 13.7 Å². The molecule has 1 unspecified atom stereocenters. The molecule has 2 aromatic rings. The van der Waals surface area contributed by atoms with Crippen molar-refractivity contribution in [3.05, 3.63) is 71.5 Å². The first kappa shape index (κ1) is 30.5. The summed E-state index contributed by atoms with van der Waals surface area (Å²) >= 11 is 5.98. The zero-order valence-electron chi connectivity index (χ0n) is 21.7. The first-order valence-corrected chi connectivity index (χ1v) is 11.6. The molecule has 0 aliphatic carbocycles. The number of benzene rings is 1. The van der Waals surface area contributed by atoms with Crippen LogP contribution in [0, 0.1) is 6.92 Å². The zero-order valence-corrected chi connectivity index (χ0v) is 22.4. The van der Waals surface area contributed by atoms with Crippen molar-refractivity contribution < 1.29 is 28.9 Å². The van der Waals surface area contributed by atoms with Gasteiger partial charge in [-0.15, -0.1) is 0 Å². The van der Waals surface area contributed by atoms with E-state index in [9.17, 15) is 14.7 Å². The Morgan fingerprint density at radius 3 is 2.47 bits per heavy atom. The molecule has 0 bridgehead atoms. The molecule has 1 atom stereocenters. The fraction of sp³-hybridized carbons (Fsp3) is 0.370. The maximum absolute atomic E-state index is 12.2. The Balaban J connectivity index is 0.00000118. The molecule has 1 aromatic heterocycles. The predicted molar refractivity (Wildman–Crippen MR) is 141 cm³/mol. The largest absolute Gasteiger partial charge is 0.503 e. The van der Waals surface area contributed by atoms with Gasteiger partial charge in [0, 0.05) is 23.7 Å². The van der Waals surface area contributed by atoms with E-state index in [1.807, 2.05) is 33.8 Å². The van der Waals surface area contributed by atoms with E-state index < -0.39 is 29.3 Å². The minimum Gasteiger partial charge on any atom is -0.503 e. The Morgan fingerprint density at radius 2 is 1.92 bits per heavy atom. The number of methoxy groups -OCH3 is 1. The van der Waals surface area contributed by atoms with Crippen LogP contribution in [0.15, 0.2) is 55.3 Å². The summed E-state index contributed by atoms with van der Waals surface area (Å²) in [6, 6.07) is 6.78. The number of aromatic nitrogens is 1. The monoisotopic (exact) mass is 518 g/mol. The number of carbonyl (C=O) groups is 2. The molecule has 0 radical (unpaired) electrons. The third-order valence-electron chi connectivity index (χ3n) is 4.70. The lowest BCUT2D eigenvalue weighted by atomic mass is 10.0. The number of aryl methyl sites for hydroxylation is 1. The summed E-state index contributed by atoms with van der Waals surface area (Å²) in [4.78, 5) is 28.1. The Bertz CT molecular complexity index is 1080. The summed E-state index contributed by atoms with van der Waals surface area (Å²) in [6.07, 6.45) is 3.00. The number of hydrogen-bond acceptors (Lipinski definition) is 7. The highest BCUT2D eigenvalue weighted by Gasteiger charge is 2.26. The third kappa shape index (κ3) is 10.4. The predicted octanol–water partition coefficient (Wildman–Crippen LogP) is 5.42. The molecule has 196 valence electrons. The molecular weight excluding hydrogens is 484 g/mol. The summed E-state index contributed by atoms with van der Waals surface area (Å²) in [6.45, 7) is 16.0. The SMILES string of the molecule is C=CC(=C)C.COc1ccnc(C(=O)NCC(=O)OC(C)CC(C)(C)Oc2ccc(Cl)cc2C)c1O. The molecule has 0 fully saturated rings. The second-order valence-corrected chi connectivity index (χ2v) is 9.16. The van der Waals surface area contributed by atoms with E-state index in [0.717, 1.165) is 11.1 Å². The van der Waals surface area contributed by atoms with Crippen molar-refractivity contribution >= 4 is 23.5 Å². The summed E-state index contributed by atoms with van der Waals surface area (Å²) in [5.74, 6) is -0.939. The van der Waals surface area contributed by atoms with Gasteiger partial charge in [-0.2, -0.15) is 0 Å². The number of allylic oxidation sites excluding steroid dienone is 2. The van der Waals surface area contributed by atoms with E-state index in [-0.39, 0.29) is 18.0 Å². The molecule has 0 saturated heterocycles. The maximum Gasteiger partial charge on any atom is 0.325 e. The van der Waals surface area contributed by atoms with Crippen LogP contribution in [0.2, 0.25) is 5.02 Å². The molecule has 0 aliphatic rings. The molecule has 2 N–H and O–H groups in total. The summed E-state index contributed by atoms with van der Waals surface area (Å²) in [5, 5.41) is 13.0. The fourth-order valence-electron chi connectivity index (χ4n) is 3.07. The topological polar surface area (TPSA) is 107 Å². The Kier molecular flexibility index (Phi) is 12.0. The molecule has 9 heteroatoms. The number of nitrogens with one attached hydrogen (secondary N) is 1. The highest BCUT2D eigenvalue weighted by molar-refractivity contribution is 6.30. The van der Waals surface area contributed by atoms with E-state index in [1.54, 1.807) is 25.1 Å². The van der Waals surface area contributed by atoms with Crippen LogP contribution in [0.25, 0.3) is 0 Å². The van der Waals surface area contributed by atoms with Gasteiger partial charge in [-0.3, -0.25) is 9.59 Å². The number of amides is 1. The third-order valence-corrected chi connectivity index (χ3v) is 4.93. The van der Waals surface area contributed by atoms with E-state index in [2.05, 4.69) is 23.5 Å². The second kappa shape index (κ2) is 14.1. The Hall–Kier alpha value is -3.52. The molecule has 0 aliphatic heterocycles. The van der Waals surface area contributed by atoms with Gasteiger partial charge >= 0.3 is 5.97 Å². The van der Waals surface area contributed by atoms with Crippen molar-refractivity contribution in [3.63, 3.8) is 0 Å². The standard InChI is InChI=1S/C22H27ClN2O6.C5H8/c1-13-10-15(23)6-7-16(13)31-22(3,4)11-14(2)30-18(26)12-25-21(28)19-20(27)17(29-5)8-9-24-19;1-4-5(2)3/h6-10,14,27H,11-12H2,1-5H3,(H,25,28);4H,1-2H2,3H3. The molecular formula is C27H35ClN2O6. The van der Waals surface area contributed by atoms with Gasteiger partial charge in [-0.1, -0.05) is 36.4 Å². The minimum atomic E-state index is -0.720. The van der Waals surface area contributed by atoms with Gasteiger partial charge in [-0.05, 0) is 58.4 Å². The van der Waals surface area contributed by atoms with Gasteiger partial charge in [0.1, 0.15) is 24.0 Å². The van der Waals surface area contributed by atoms with Crippen molar-refractivity contribution in [1.82, 2.24) is 10.3 Å². The number of halogens is 1. The summed E-state index contributed by atoms with van der Waals surface area (Å²) < 4.78 is 16.4. The van der Waals surface area contributed by atoms with Gasteiger partial charge in [0.25, 0.3) is 5.91 Å². The number of rotatable bonds is 10. The number of hydrogen-bond donors (Lipinski definition) is 2. The van der Waals surface area contributed by atoms with Gasteiger partial charge in [0.05, 0.1) is 7.11 Å². The van der Waals surface area contributed by atoms with Crippen molar-refractivity contribution in [2.24, 2.45) is 0 Å². The average Bonchev–Trinajstić information content (AvgIpc) is 2.79. The molecule has 1 heterocycles. The van der Waals surface area contributed by atoms with Crippen LogP contribution in [0.4, 0.5) is 0 Å². The van der Waals surface area contributed by atoms with Crippen molar-refractivity contribution in [1.29, 1.82) is 0 Å². The lowest BCUT2D eigenvalue weighted by molar-refractivity contribution is -0.148. The van der Waals surface area contributed by atoms with Gasteiger partial charge in [-0.25, -0.2) is 4.98 Å². The molecule has 1 aromatic carbocycles. The van der Waals surface area contributed by atoms with Crippen LogP contribution >= 0.6 is 11.6 Å². The van der Waals surface area contributed by atoms with Crippen LogP contribution in [0.5, 0.6) is 17.2 Å². The molecule has 1 amide bonds. The first-order chi connectivity index (χ1) is 16.8. The van der Waals surface area contributed by atoms with Crippen LogP contribution in [-0.4, -0.2) is 47.3 Å². The van der Waals surface area contributed by atoms with E-state index >= 15 is 0 Å².